The van der Waals surface area contributed by atoms with E-state index in [1.165, 1.54) is 0 Å². The molecule has 1 aromatic heterocycles. The lowest BCUT2D eigenvalue weighted by Gasteiger charge is -2.40. The van der Waals surface area contributed by atoms with Gasteiger partial charge in [0.05, 0.1) is 6.04 Å². The van der Waals surface area contributed by atoms with Crippen molar-refractivity contribution in [1.82, 2.24) is 14.8 Å². The van der Waals surface area contributed by atoms with Crippen LogP contribution in [0.4, 0.5) is 0 Å². The highest BCUT2D eigenvalue weighted by Crippen LogP contribution is 2.26. The first-order chi connectivity index (χ1) is 10.6. The Morgan fingerprint density at radius 3 is 2.73 bits per heavy atom. The Hall–Kier alpha value is -1.91. The van der Waals surface area contributed by atoms with Crippen LogP contribution in [0.3, 0.4) is 0 Å². The van der Waals surface area contributed by atoms with Crippen molar-refractivity contribution in [2.24, 2.45) is 0 Å². The summed E-state index contributed by atoms with van der Waals surface area (Å²) in [6, 6.07) is 13.6. The van der Waals surface area contributed by atoms with Crippen LogP contribution in [0.25, 0.3) is 0 Å². The summed E-state index contributed by atoms with van der Waals surface area (Å²) in [5, 5.41) is 0.344. The van der Waals surface area contributed by atoms with Crippen molar-refractivity contribution in [2.45, 2.75) is 6.04 Å². The number of likely N-dealkylation sites (N-methyl/N-ethyl adjacent to an activating group) is 1. The number of amides is 1. The third-order valence-electron chi connectivity index (χ3n) is 4.00. The van der Waals surface area contributed by atoms with E-state index in [9.17, 15) is 4.79 Å². The van der Waals surface area contributed by atoms with Crippen LogP contribution in [0.15, 0.2) is 48.7 Å². The molecule has 1 unspecified atom stereocenters. The SMILES string of the molecule is CN1CCN(C(=O)c2ccnc(Cl)c2)C(c2ccccc2)C1. The minimum atomic E-state index is 0.00579. The minimum absolute atomic E-state index is 0.00579. The number of hydrogen-bond donors (Lipinski definition) is 0. The smallest absolute Gasteiger partial charge is 0.254 e. The topological polar surface area (TPSA) is 36.4 Å². The van der Waals surface area contributed by atoms with Gasteiger partial charge in [-0.1, -0.05) is 41.9 Å². The largest absolute Gasteiger partial charge is 0.329 e. The van der Waals surface area contributed by atoms with Gasteiger partial charge in [0, 0.05) is 31.4 Å². The second kappa shape index (κ2) is 6.46. The van der Waals surface area contributed by atoms with Crippen LogP contribution in [0.2, 0.25) is 5.15 Å². The first-order valence-electron chi connectivity index (χ1n) is 7.31. The average Bonchev–Trinajstić information content (AvgIpc) is 2.55. The zero-order valence-electron chi connectivity index (χ0n) is 12.4. The predicted molar refractivity (Wildman–Crippen MR) is 87.0 cm³/mol. The van der Waals surface area contributed by atoms with Crippen molar-refractivity contribution in [3.05, 3.63) is 64.9 Å². The molecule has 5 heteroatoms. The van der Waals surface area contributed by atoms with E-state index >= 15 is 0 Å². The van der Waals surface area contributed by atoms with E-state index in [0.717, 1.165) is 18.7 Å². The van der Waals surface area contributed by atoms with E-state index < -0.39 is 0 Å². The quantitative estimate of drug-likeness (QED) is 0.800. The van der Waals surface area contributed by atoms with Crippen LogP contribution in [0.1, 0.15) is 22.0 Å². The Kier molecular flexibility index (Phi) is 4.41. The van der Waals surface area contributed by atoms with E-state index in [-0.39, 0.29) is 11.9 Å². The Labute approximate surface area is 135 Å². The van der Waals surface area contributed by atoms with Crippen LogP contribution in [0, 0.1) is 0 Å². The Bertz CT molecular complexity index is 662. The van der Waals surface area contributed by atoms with Crippen molar-refractivity contribution in [3.8, 4) is 0 Å². The van der Waals surface area contributed by atoms with Gasteiger partial charge in [0.25, 0.3) is 5.91 Å². The molecular formula is C17H18ClN3O. The molecule has 1 saturated heterocycles. The summed E-state index contributed by atoms with van der Waals surface area (Å²) in [5.74, 6) is 0.00579. The molecule has 1 aliphatic rings. The standard InChI is InChI=1S/C17H18ClN3O/c1-20-9-10-21(15(12-20)13-5-3-2-4-6-13)17(22)14-7-8-19-16(18)11-14/h2-8,11,15H,9-10,12H2,1H3. The normalized spacial score (nSPS) is 19.2. The Morgan fingerprint density at radius 1 is 1.23 bits per heavy atom. The molecule has 1 aromatic carbocycles. The zero-order valence-corrected chi connectivity index (χ0v) is 13.2. The lowest BCUT2D eigenvalue weighted by atomic mass is 10.0. The molecule has 1 aliphatic heterocycles. The first-order valence-corrected chi connectivity index (χ1v) is 7.69. The van der Waals surface area contributed by atoms with Gasteiger partial charge in [-0.3, -0.25) is 4.79 Å². The number of piperazine rings is 1. The van der Waals surface area contributed by atoms with Crippen molar-refractivity contribution in [3.63, 3.8) is 0 Å². The first kappa shape index (κ1) is 15.0. The Morgan fingerprint density at radius 2 is 2.00 bits per heavy atom. The fourth-order valence-corrected chi connectivity index (χ4v) is 3.00. The molecule has 0 bridgehead atoms. The van der Waals surface area contributed by atoms with Gasteiger partial charge < -0.3 is 9.80 Å². The van der Waals surface area contributed by atoms with Crippen LogP contribution in [-0.2, 0) is 0 Å². The molecule has 0 spiro atoms. The maximum absolute atomic E-state index is 12.9. The van der Waals surface area contributed by atoms with E-state index in [1.54, 1.807) is 18.3 Å². The van der Waals surface area contributed by atoms with Crippen molar-refractivity contribution < 1.29 is 4.79 Å². The Balaban J connectivity index is 1.91. The van der Waals surface area contributed by atoms with Crippen LogP contribution in [0.5, 0.6) is 0 Å². The van der Waals surface area contributed by atoms with Crippen LogP contribution >= 0.6 is 11.6 Å². The highest BCUT2D eigenvalue weighted by molar-refractivity contribution is 6.29. The van der Waals surface area contributed by atoms with Crippen LogP contribution < -0.4 is 0 Å². The van der Waals surface area contributed by atoms with E-state index in [0.29, 0.717) is 17.3 Å². The molecule has 0 aliphatic carbocycles. The maximum atomic E-state index is 12.9. The molecule has 2 heterocycles. The number of aromatic nitrogens is 1. The maximum Gasteiger partial charge on any atom is 0.254 e. The predicted octanol–water partition coefficient (Wildman–Crippen LogP) is 2.86. The second-order valence-corrected chi connectivity index (χ2v) is 5.94. The number of nitrogens with zero attached hydrogens (tertiary/aromatic N) is 3. The third kappa shape index (κ3) is 3.13. The molecule has 3 rings (SSSR count). The summed E-state index contributed by atoms with van der Waals surface area (Å²) >= 11 is 5.91. The van der Waals surface area contributed by atoms with Crippen molar-refractivity contribution in [1.29, 1.82) is 0 Å². The molecule has 0 radical (unpaired) electrons. The highest BCUT2D eigenvalue weighted by atomic mass is 35.5. The molecule has 2 aromatic rings. The number of pyridine rings is 1. The van der Waals surface area contributed by atoms with Crippen molar-refractivity contribution in [2.75, 3.05) is 26.7 Å². The van der Waals surface area contributed by atoms with Gasteiger partial charge in [0.2, 0.25) is 0 Å². The monoisotopic (exact) mass is 315 g/mol. The van der Waals surface area contributed by atoms with E-state index in [4.69, 9.17) is 11.6 Å². The molecule has 1 atom stereocenters. The number of carbonyl (C=O) groups excluding carboxylic acids is 1. The number of rotatable bonds is 2. The molecule has 0 N–H and O–H groups in total. The van der Waals surface area contributed by atoms with Gasteiger partial charge in [-0.15, -0.1) is 0 Å². The molecule has 114 valence electrons. The molecular weight excluding hydrogens is 298 g/mol. The minimum Gasteiger partial charge on any atom is -0.329 e. The van der Waals surface area contributed by atoms with Crippen LogP contribution in [-0.4, -0.2) is 47.4 Å². The van der Waals surface area contributed by atoms with Gasteiger partial charge in [-0.05, 0) is 24.7 Å². The fourth-order valence-electron chi connectivity index (χ4n) is 2.82. The summed E-state index contributed by atoms with van der Waals surface area (Å²) in [6.45, 7) is 2.40. The van der Waals surface area contributed by atoms with Gasteiger partial charge in [0.1, 0.15) is 5.15 Å². The number of hydrogen-bond acceptors (Lipinski definition) is 3. The molecule has 22 heavy (non-hydrogen) atoms. The summed E-state index contributed by atoms with van der Waals surface area (Å²) < 4.78 is 0. The van der Waals surface area contributed by atoms with E-state index in [2.05, 4.69) is 29.1 Å². The zero-order chi connectivity index (χ0) is 15.5. The molecule has 1 fully saturated rings. The van der Waals surface area contributed by atoms with Gasteiger partial charge in [-0.25, -0.2) is 4.98 Å². The fraction of sp³-hybridized carbons (Fsp3) is 0.294. The number of halogens is 1. The summed E-state index contributed by atoms with van der Waals surface area (Å²) in [5.41, 5.74) is 1.74. The number of carbonyl (C=O) groups is 1. The molecule has 4 nitrogen and oxygen atoms in total. The summed E-state index contributed by atoms with van der Waals surface area (Å²) in [4.78, 5) is 21.0. The van der Waals surface area contributed by atoms with Gasteiger partial charge >= 0.3 is 0 Å². The van der Waals surface area contributed by atoms with Crippen molar-refractivity contribution >= 4 is 17.5 Å². The number of benzene rings is 1. The summed E-state index contributed by atoms with van der Waals surface area (Å²) in [7, 11) is 2.08. The van der Waals surface area contributed by atoms with Gasteiger partial charge in [0.15, 0.2) is 0 Å². The lowest BCUT2D eigenvalue weighted by molar-refractivity contribution is 0.0498. The highest BCUT2D eigenvalue weighted by Gasteiger charge is 2.30. The summed E-state index contributed by atoms with van der Waals surface area (Å²) in [6.07, 6.45) is 1.57. The molecule has 1 amide bonds. The second-order valence-electron chi connectivity index (χ2n) is 5.55. The molecule has 0 saturated carbocycles. The third-order valence-corrected chi connectivity index (χ3v) is 4.21. The van der Waals surface area contributed by atoms with Gasteiger partial charge in [-0.2, -0.15) is 0 Å². The van der Waals surface area contributed by atoms with E-state index in [1.807, 2.05) is 23.1 Å². The lowest BCUT2D eigenvalue weighted by Crippen LogP contribution is -2.49. The average molecular weight is 316 g/mol.